The lowest BCUT2D eigenvalue weighted by atomic mass is 10.2. The lowest BCUT2D eigenvalue weighted by Crippen LogP contribution is -2.45. The summed E-state index contributed by atoms with van der Waals surface area (Å²) in [7, 11) is 1.32. The van der Waals surface area contributed by atoms with Crippen molar-refractivity contribution in [2.24, 2.45) is 0 Å². The third-order valence-corrected chi connectivity index (χ3v) is 4.52. The van der Waals surface area contributed by atoms with Crippen LogP contribution in [0.25, 0.3) is 5.69 Å². The average Bonchev–Trinajstić information content (AvgIpc) is 3.35. The van der Waals surface area contributed by atoms with Gasteiger partial charge in [0.15, 0.2) is 5.69 Å². The van der Waals surface area contributed by atoms with Crippen molar-refractivity contribution in [2.75, 3.05) is 20.2 Å². The molecular formula is C19H23N5O4. The third kappa shape index (κ3) is 4.19. The largest absolute Gasteiger partial charge is 0.469 e. The van der Waals surface area contributed by atoms with E-state index in [-0.39, 0.29) is 36.3 Å². The first-order valence-electron chi connectivity index (χ1n) is 9.19. The molecule has 1 fully saturated rings. The van der Waals surface area contributed by atoms with Crippen LogP contribution in [0.5, 0.6) is 0 Å². The molecule has 0 spiro atoms. The molecular weight excluding hydrogens is 362 g/mol. The van der Waals surface area contributed by atoms with E-state index < -0.39 is 0 Å². The van der Waals surface area contributed by atoms with Gasteiger partial charge < -0.3 is 4.74 Å². The fourth-order valence-corrected chi connectivity index (χ4v) is 3.07. The minimum atomic E-state index is -0.352. The molecule has 9 heteroatoms. The van der Waals surface area contributed by atoms with Crippen molar-refractivity contribution >= 4 is 17.8 Å². The Morgan fingerprint density at radius 3 is 2.46 bits per heavy atom. The fourth-order valence-electron chi connectivity index (χ4n) is 3.07. The highest BCUT2D eigenvalue weighted by Gasteiger charge is 2.33. The number of para-hydroxylation sites is 1. The second kappa shape index (κ2) is 8.64. The van der Waals surface area contributed by atoms with Gasteiger partial charge in [0.25, 0.3) is 5.91 Å². The highest BCUT2D eigenvalue weighted by molar-refractivity contribution is 5.94. The molecule has 2 heterocycles. The molecule has 1 aromatic carbocycles. The molecule has 0 unspecified atom stereocenters. The molecule has 148 valence electrons. The van der Waals surface area contributed by atoms with Crippen LogP contribution in [0, 0.1) is 6.92 Å². The zero-order chi connectivity index (χ0) is 20.1. The number of hydrogen-bond donors (Lipinski definition) is 0. The maximum Gasteiger partial charge on any atom is 0.305 e. The molecule has 0 aliphatic carbocycles. The highest BCUT2D eigenvalue weighted by Crippen LogP contribution is 2.18. The van der Waals surface area contributed by atoms with Gasteiger partial charge in [-0.3, -0.25) is 19.4 Å². The third-order valence-electron chi connectivity index (χ3n) is 4.52. The Bertz CT molecular complexity index is 864. The Morgan fingerprint density at radius 1 is 1.04 bits per heavy atom. The van der Waals surface area contributed by atoms with Crippen LogP contribution in [-0.4, -0.2) is 63.0 Å². The number of benzene rings is 1. The van der Waals surface area contributed by atoms with Gasteiger partial charge in [-0.25, -0.2) is 5.01 Å². The first-order valence-corrected chi connectivity index (χ1v) is 9.19. The second-order valence-electron chi connectivity index (χ2n) is 6.49. The summed E-state index contributed by atoms with van der Waals surface area (Å²) < 4.78 is 4.58. The van der Waals surface area contributed by atoms with Crippen molar-refractivity contribution in [3.05, 3.63) is 41.7 Å². The monoisotopic (exact) mass is 385 g/mol. The van der Waals surface area contributed by atoms with E-state index in [9.17, 15) is 14.4 Å². The smallest absolute Gasteiger partial charge is 0.305 e. The van der Waals surface area contributed by atoms with E-state index in [1.165, 1.54) is 21.9 Å². The predicted molar refractivity (Wildman–Crippen MR) is 99.3 cm³/mol. The van der Waals surface area contributed by atoms with Crippen LogP contribution in [0.4, 0.5) is 0 Å². The Morgan fingerprint density at radius 2 is 1.75 bits per heavy atom. The molecule has 1 aliphatic rings. The molecule has 9 nitrogen and oxygen atoms in total. The van der Waals surface area contributed by atoms with Crippen LogP contribution in [0.15, 0.2) is 30.3 Å². The van der Waals surface area contributed by atoms with Crippen LogP contribution in [0.2, 0.25) is 0 Å². The van der Waals surface area contributed by atoms with Crippen LogP contribution in [0.3, 0.4) is 0 Å². The van der Waals surface area contributed by atoms with Gasteiger partial charge in [-0.2, -0.15) is 9.90 Å². The lowest BCUT2D eigenvalue weighted by molar-refractivity contribution is -0.142. The molecule has 3 rings (SSSR count). The Balaban J connectivity index is 1.70. The molecule has 1 saturated heterocycles. The minimum absolute atomic E-state index is 0.175. The van der Waals surface area contributed by atoms with E-state index in [1.54, 1.807) is 6.92 Å². The number of nitrogens with zero attached hydrogens (tertiary/aromatic N) is 5. The molecule has 0 bridgehead atoms. The molecule has 0 N–H and O–H groups in total. The first-order chi connectivity index (χ1) is 13.5. The molecule has 2 amide bonds. The lowest BCUT2D eigenvalue weighted by Gasteiger charge is -2.27. The Kier molecular flexibility index (Phi) is 6.03. The van der Waals surface area contributed by atoms with Gasteiger partial charge in [-0.05, 0) is 31.9 Å². The fraction of sp³-hybridized carbons (Fsp3) is 0.421. The van der Waals surface area contributed by atoms with E-state index in [4.69, 9.17) is 0 Å². The quantitative estimate of drug-likeness (QED) is 0.699. The van der Waals surface area contributed by atoms with E-state index in [0.29, 0.717) is 31.6 Å². The molecule has 1 aromatic heterocycles. The topological polar surface area (TPSA) is 97.6 Å². The van der Waals surface area contributed by atoms with Crippen LogP contribution in [0.1, 0.15) is 41.9 Å². The zero-order valence-corrected chi connectivity index (χ0v) is 16.0. The molecule has 1 aliphatic heterocycles. The molecule has 0 saturated carbocycles. The Hall–Kier alpha value is -3.23. The first kappa shape index (κ1) is 19.5. The number of hydrazine groups is 1. The molecule has 0 atom stereocenters. The number of carbonyl (C=O) groups is 3. The number of aromatic nitrogens is 3. The van der Waals surface area contributed by atoms with Crippen molar-refractivity contribution < 1.29 is 19.1 Å². The van der Waals surface area contributed by atoms with E-state index in [1.807, 2.05) is 30.3 Å². The van der Waals surface area contributed by atoms with Gasteiger partial charge in [-0.15, -0.1) is 5.10 Å². The number of carbonyl (C=O) groups excluding carboxylic acids is 3. The summed E-state index contributed by atoms with van der Waals surface area (Å²) in [6, 6.07) is 9.32. The van der Waals surface area contributed by atoms with Crippen LogP contribution in [-0.2, 0) is 14.3 Å². The number of esters is 1. The second-order valence-corrected chi connectivity index (χ2v) is 6.49. The SMILES string of the molecule is COC(=O)CCCC(=O)N1CCCN1C(=O)c1nn(-c2ccccc2)nc1C. The van der Waals surface area contributed by atoms with Crippen molar-refractivity contribution in [3.8, 4) is 5.69 Å². The number of ether oxygens (including phenoxy) is 1. The van der Waals surface area contributed by atoms with Gasteiger partial charge in [0, 0.05) is 25.9 Å². The molecule has 2 aromatic rings. The van der Waals surface area contributed by atoms with Crippen molar-refractivity contribution in [3.63, 3.8) is 0 Å². The van der Waals surface area contributed by atoms with Gasteiger partial charge in [0.2, 0.25) is 5.91 Å². The number of aryl methyl sites for hydroxylation is 1. The number of rotatable bonds is 6. The maximum absolute atomic E-state index is 13.0. The number of hydrogen-bond acceptors (Lipinski definition) is 6. The summed E-state index contributed by atoms with van der Waals surface area (Å²) in [6.45, 7) is 2.63. The predicted octanol–water partition coefficient (Wildman–Crippen LogP) is 1.51. The number of methoxy groups -OCH3 is 1. The summed E-state index contributed by atoms with van der Waals surface area (Å²) >= 11 is 0. The summed E-state index contributed by atoms with van der Waals surface area (Å²) in [5, 5.41) is 11.5. The van der Waals surface area contributed by atoms with Gasteiger partial charge in [0.1, 0.15) is 0 Å². The van der Waals surface area contributed by atoms with Crippen LogP contribution < -0.4 is 0 Å². The van der Waals surface area contributed by atoms with Crippen molar-refractivity contribution in [1.82, 2.24) is 25.0 Å². The van der Waals surface area contributed by atoms with Crippen LogP contribution >= 0.6 is 0 Å². The van der Waals surface area contributed by atoms with E-state index in [0.717, 1.165) is 5.69 Å². The summed E-state index contributed by atoms with van der Waals surface area (Å²) in [5.41, 5.74) is 1.47. The summed E-state index contributed by atoms with van der Waals surface area (Å²) in [4.78, 5) is 38.1. The Labute approximate surface area is 162 Å². The standard InChI is InChI=1S/C19H23N5O4/c1-14-18(21-24(20-14)15-8-4-3-5-9-15)19(27)23-13-7-12-22(23)16(25)10-6-11-17(26)28-2/h3-5,8-9H,6-7,10-13H2,1-2H3. The average molecular weight is 385 g/mol. The summed E-state index contributed by atoms with van der Waals surface area (Å²) in [5.74, 6) is -0.892. The van der Waals surface area contributed by atoms with Crippen molar-refractivity contribution in [2.45, 2.75) is 32.6 Å². The minimum Gasteiger partial charge on any atom is -0.469 e. The number of amides is 2. The van der Waals surface area contributed by atoms with E-state index in [2.05, 4.69) is 14.9 Å². The van der Waals surface area contributed by atoms with Crippen molar-refractivity contribution in [1.29, 1.82) is 0 Å². The maximum atomic E-state index is 13.0. The van der Waals surface area contributed by atoms with E-state index >= 15 is 0 Å². The van der Waals surface area contributed by atoms with Gasteiger partial charge >= 0.3 is 5.97 Å². The van der Waals surface area contributed by atoms with Gasteiger partial charge in [-0.1, -0.05) is 18.2 Å². The normalized spacial score (nSPS) is 13.6. The molecule has 0 radical (unpaired) electrons. The molecule has 28 heavy (non-hydrogen) atoms. The highest BCUT2D eigenvalue weighted by atomic mass is 16.5. The zero-order valence-electron chi connectivity index (χ0n) is 16.0. The van der Waals surface area contributed by atoms with Gasteiger partial charge in [0.05, 0.1) is 18.5 Å². The summed E-state index contributed by atoms with van der Waals surface area (Å²) in [6.07, 6.45) is 1.43.